The van der Waals surface area contributed by atoms with Gasteiger partial charge in [-0.25, -0.2) is 30.2 Å². The number of nitrogens with zero attached hydrogens (tertiary/aromatic N) is 3. The van der Waals surface area contributed by atoms with Gasteiger partial charge in [0.1, 0.15) is 0 Å². The Labute approximate surface area is 526 Å². The molecule has 0 unspecified atom stereocenters. The number of hydrogen-bond donors (Lipinski definition) is 6. The van der Waals surface area contributed by atoms with E-state index in [2.05, 4.69) is 25.2 Å². The van der Waals surface area contributed by atoms with Gasteiger partial charge in [-0.05, 0) is 163 Å². The van der Waals surface area contributed by atoms with Gasteiger partial charge in [0.2, 0.25) is 5.89 Å². The highest BCUT2D eigenvalue weighted by Crippen LogP contribution is 2.39. The van der Waals surface area contributed by atoms with Gasteiger partial charge in [0.25, 0.3) is 30.1 Å². The van der Waals surface area contributed by atoms with Crippen LogP contribution in [0, 0.1) is 0 Å². The van der Waals surface area contributed by atoms with Gasteiger partial charge < -0.3 is 43.3 Å². The van der Waals surface area contributed by atoms with Crippen molar-refractivity contribution in [1.82, 2.24) is 4.98 Å². The van der Waals surface area contributed by atoms with E-state index in [0.29, 0.717) is 81.3 Å². The number of aromatic nitrogens is 1. The molecular weight excluding hydrogens is 1210 g/mol. The Kier molecular flexibility index (Phi) is 16.1. The van der Waals surface area contributed by atoms with Crippen molar-refractivity contribution >= 4 is 139 Å². The summed E-state index contributed by atoms with van der Waals surface area (Å²) in [4.78, 5) is 8.84. The Bertz CT molecular complexity index is 5130. The molecule has 12 aromatic rings. The van der Waals surface area contributed by atoms with Gasteiger partial charge in [0.05, 0.1) is 40.7 Å². The number of fused-ring (bicyclic) bond motifs is 4. The summed E-state index contributed by atoms with van der Waals surface area (Å²) in [6.45, 7) is 0.938. The van der Waals surface area contributed by atoms with Gasteiger partial charge in [0, 0.05) is 83.9 Å². The van der Waals surface area contributed by atoms with Crippen molar-refractivity contribution in [2.45, 2.75) is 34.5 Å². The van der Waals surface area contributed by atoms with Crippen LogP contribution in [0.5, 0.6) is 0 Å². The molecule has 15 rings (SSSR count). The number of oxazole rings is 1. The zero-order valence-corrected chi connectivity index (χ0v) is 51.8. The van der Waals surface area contributed by atoms with Gasteiger partial charge in [0.15, 0.2) is 5.76 Å². The second-order valence-electron chi connectivity index (χ2n) is 22.5. The largest absolute Gasteiger partial charge is 0.491 e. The summed E-state index contributed by atoms with van der Waals surface area (Å²) in [5.41, 5.74) is 9.00. The third-order valence-electron chi connectivity index (χ3n) is 16.2. The second-order valence-corrected chi connectivity index (χ2v) is 27.5. The van der Waals surface area contributed by atoms with E-state index in [1.54, 1.807) is 97.2 Å². The number of anilines is 5. The molecule has 0 atom stereocenters. The average Bonchev–Trinajstić information content (AvgIpc) is 1.57. The summed E-state index contributed by atoms with van der Waals surface area (Å²) < 4.78 is 108. The molecule has 3 aliphatic heterocycles. The van der Waals surface area contributed by atoms with Crippen molar-refractivity contribution < 1.29 is 58.7 Å². The first-order chi connectivity index (χ1) is 43.7. The quantitative estimate of drug-likeness (QED) is 0.0466. The minimum Gasteiger partial charge on any atom is -0.436 e. The van der Waals surface area contributed by atoms with Crippen LogP contribution in [-0.4, -0.2) is 94.9 Å². The Balaban J connectivity index is 0.000000126. The van der Waals surface area contributed by atoms with E-state index in [-0.39, 0.29) is 14.7 Å². The van der Waals surface area contributed by atoms with E-state index < -0.39 is 51.4 Å². The van der Waals surface area contributed by atoms with E-state index in [1.165, 1.54) is 12.1 Å². The molecule has 0 radical (unpaired) electrons. The SMILES string of the molecule is CN(C)c1ccc(-c2cnc(-c3ccc(S(=O)(=O)Nc4ccc5c(c4)B(O)OC5)cc3)o2)cc1.CN(C)c1cccc2c(S(=O)(=O)Nc3ccc4c(c3)B(O)OC4)cccc12.O=S(=O)(Nc1ccc2c(c1)B(O)OC2)c1ccc2ccc3cccc4ccc1c2c34. The normalized spacial score (nSPS) is 13.6. The molecular formula is C66H57B3N6O13S3. The summed E-state index contributed by atoms with van der Waals surface area (Å²) in [5.74, 6) is 1.03. The van der Waals surface area contributed by atoms with Crippen LogP contribution in [0.15, 0.2) is 219 Å². The fraction of sp³-hybridized carbons (Fsp3) is 0.106. The standard InChI is InChI=1S/C24H22BN3O5S.C23H16BNO4S.C19H19BN2O4S/c1-28(2)20-9-4-16(5-10-20)23-14-26-24(33-23)17-6-11-21(12-7-17)34(30,31)27-19-8-3-18-15-32-25(29)22(18)13-19;26-24-20-12-18(9-6-17(20)13-29-24)25-30(27,28)21-11-8-16-5-4-14-2-1-3-15-7-10-19(21)23(16)22(14)15;1-22(2)18-7-3-6-16-15(18)5-4-8-19(16)27(24,25)21-14-10-9-13-12-26-20(23)17(13)11-14/h3-14,27,29H,15H2,1-2H3;1-12,25-26H,13H2;3-11,21,23H,12H2,1-2H3. The summed E-state index contributed by atoms with van der Waals surface area (Å²) >= 11 is 0. The number of nitrogens with one attached hydrogen (secondary N) is 3. The third-order valence-corrected chi connectivity index (χ3v) is 20.5. The van der Waals surface area contributed by atoms with Crippen LogP contribution >= 0.6 is 0 Å². The second kappa shape index (κ2) is 24.2. The van der Waals surface area contributed by atoms with E-state index in [4.69, 9.17) is 18.4 Å². The van der Waals surface area contributed by atoms with Gasteiger partial charge in [-0.3, -0.25) is 14.2 Å². The van der Waals surface area contributed by atoms with Gasteiger partial charge in [-0.15, -0.1) is 0 Å². The van der Waals surface area contributed by atoms with Crippen molar-refractivity contribution in [2.75, 3.05) is 52.2 Å². The molecule has 0 saturated carbocycles. The third kappa shape index (κ3) is 12.1. The van der Waals surface area contributed by atoms with Crippen molar-refractivity contribution in [1.29, 1.82) is 0 Å². The minimum atomic E-state index is -3.85. The monoisotopic (exact) mass is 1270 g/mol. The van der Waals surface area contributed by atoms with E-state index in [9.17, 15) is 40.3 Å². The van der Waals surface area contributed by atoms with Crippen LogP contribution in [0.1, 0.15) is 16.7 Å². The molecule has 11 aromatic carbocycles. The molecule has 0 amide bonds. The highest BCUT2D eigenvalue weighted by Gasteiger charge is 2.31. The number of rotatable bonds is 13. The van der Waals surface area contributed by atoms with Crippen LogP contribution in [0.25, 0.3) is 65.9 Å². The lowest BCUT2D eigenvalue weighted by molar-refractivity contribution is 0.275. The summed E-state index contributed by atoms with van der Waals surface area (Å²) in [6, 6.07) is 57.7. The average molecular weight is 1270 g/mol. The van der Waals surface area contributed by atoms with Crippen molar-refractivity contribution in [3.63, 3.8) is 0 Å². The number of hydrogen-bond acceptors (Lipinski definition) is 16. The lowest BCUT2D eigenvalue weighted by Crippen LogP contribution is -2.28. The molecule has 19 nitrogen and oxygen atoms in total. The van der Waals surface area contributed by atoms with Crippen LogP contribution < -0.4 is 40.4 Å². The Morgan fingerprint density at radius 3 is 1.44 bits per heavy atom. The highest BCUT2D eigenvalue weighted by atomic mass is 32.2. The first-order valence-corrected chi connectivity index (χ1v) is 33.2. The highest BCUT2D eigenvalue weighted by molar-refractivity contribution is 7.93. The van der Waals surface area contributed by atoms with Crippen molar-refractivity contribution in [3.8, 4) is 22.8 Å². The van der Waals surface area contributed by atoms with Crippen molar-refractivity contribution in [3.05, 3.63) is 217 Å². The fourth-order valence-electron chi connectivity index (χ4n) is 11.5. The lowest BCUT2D eigenvalue weighted by atomic mass is 9.79. The lowest BCUT2D eigenvalue weighted by Gasteiger charge is -2.17. The molecule has 6 N–H and O–H groups in total. The zero-order chi connectivity index (χ0) is 63.5. The predicted molar refractivity (Wildman–Crippen MR) is 359 cm³/mol. The minimum absolute atomic E-state index is 0.0969. The predicted octanol–water partition coefficient (Wildman–Crippen LogP) is 8.62. The number of benzene rings is 11. The molecule has 1 aromatic heterocycles. The van der Waals surface area contributed by atoms with Gasteiger partial charge in [-0.1, -0.05) is 91.0 Å². The maximum atomic E-state index is 13.3. The van der Waals surface area contributed by atoms with Gasteiger partial charge >= 0.3 is 21.4 Å². The zero-order valence-electron chi connectivity index (χ0n) is 49.4. The molecule has 0 fully saturated rings. The molecule has 3 aliphatic rings. The Morgan fingerprint density at radius 1 is 0.440 bits per heavy atom. The molecule has 0 bridgehead atoms. The fourth-order valence-corrected chi connectivity index (χ4v) is 15.1. The van der Waals surface area contributed by atoms with Gasteiger partial charge in [-0.2, -0.15) is 0 Å². The topological polar surface area (TPSA) is 259 Å². The molecule has 456 valence electrons. The molecule has 4 heterocycles. The van der Waals surface area contributed by atoms with Crippen LogP contribution in [0.3, 0.4) is 0 Å². The van der Waals surface area contributed by atoms with E-state index in [1.807, 2.05) is 123 Å². The molecule has 0 aliphatic carbocycles. The summed E-state index contributed by atoms with van der Waals surface area (Å²) in [7, 11) is -6.77. The maximum Gasteiger partial charge on any atom is 0.491 e. The first-order valence-electron chi connectivity index (χ1n) is 28.7. The summed E-state index contributed by atoms with van der Waals surface area (Å²) in [6.07, 6.45) is 1.65. The van der Waals surface area contributed by atoms with E-state index in [0.717, 1.165) is 65.9 Å². The molecule has 0 saturated heterocycles. The summed E-state index contributed by atoms with van der Waals surface area (Å²) in [5, 5.41) is 37.0. The van der Waals surface area contributed by atoms with Crippen molar-refractivity contribution in [2.24, 2.45) is 0 Å². The molecule has 91 heavy (non-hydrogen) atoms. The van der Waals surface area contributed by atoms with Crippen LogP contribution in [-0.2, 0) is 63.9 Å². The van der Waals surface area contributed by atoms with Crippen LogP contribution in [0.4, 0.5) is 28.4 Å². The molecule has 0 spiro atoms. The Morgan fingerprint density at radius 2 is 0.901 bits per heavy atom. The molecule has 25 heteroatoms. The first kappa shape index (κ1) is 60.6. The maximum absolute atomic E-state index is 13.3. The van der Waals surface area contributed by atoms with E-state index >= 15 is 0 Å². The van der Waals surface area contributed by atoms with Crippen LogP contribution in [0.2, 0.25) is 0 Å². The Hall–Kier alpha value is -9.27. The number of sulfonamides is 3. The smallest absolute Gasteiger partial charge is 0.436 e.